The second-order valence-corrected chi connectivity index (χ2v) is 7.64. The van der Waals surface area contributed by atoms with Crippen LogP contribution in [-0.4, -0.2) is 34.1 Å². The standard InChI is InChI=1S/C19H15ClF2N4O/c20-17-18(25-14-3-4-23-8-15(14)24-17)26-9-19(10-26)6-12(7-19)27-16-2-1-11(21)5-13(16)22/h1-5,8,12H,6-7,9-10H2. The van der Waals surface area contributed by atoms with Gasteiger partial charge in [0.2, 0.25) is 0 Å². The Kier molecular flexibility index (Phi) is 3.69. The van der Waals surface area contributed by atoms with E-state index in [9.17, 15) is 8.78 Å². The molecule has 0 amide bonds. The summed E-state index contributed by atoms with van der Waals surface area (Å²) in [4.78, 5) is 15.1. The van der Waals surface area contributed by atoms with E-state index in [0.717, 1.165) is 37.5 Å². The highest BCUT2D eigenvalue weighted by atomic mass is 35.5. The molecule has 3 heterocycles. The molecule has 2 aromatic heterocycles. The topological polar surface area (TPSA) is 51.1 Å². The van der Waals surface area contributed by atoms with Crippen LogP contribution in [0.15, 0.2) is 36.7 Å². The van der Waals surface area contributed by atoms with Crippen LogP contribution in [0.2, 0.25) is 5.15 Å². The predicted molar refractivity (Wildman–Crippen MR) is 97.0 cm³/mol. The first-order valence-corrected chi connectivity index (χ1v) is 9.03. The van der Waals surface area contributed by atoms with Gasteiger partial charge in [-0.1, -0.05) is 11.6 Å². The van der Waals surface area contributed by atoms with Crippen molar-refractivity contribution < 1.29 is 13.5 Å². The summed E-state index contributed by atoms with van der Waals surface area (Å²) < 4.78 is 32.4. The Morgan fingerprint density at radius 2 is 1.93 bits per heavy atom. The molecule has 5 nitrogen and oxygen atoms in total. The van der Waals surface area contributed by atoms with Crippen molar-refractivity contribution >= 4 is 28.5 Å². The molecule has 1 saturated carbocycles. The first-order valence-electron chi connectivity index (χ1n) is 8.65. The maximum absolute atomic E-state index is 13.7. The van der Waals surface area contributed by atoms with Crippen molar-refractivity contribution in [3.63, 3.8) is 0 Å². The number of aromatic nitrogens is 3. The van der Waals surface area contributed by atoms with Crippen LogP contribution in [0.25, 0.3) is 11.0 Å². The first kappa shape index (κ1) is 16.6. The van der Waals surface area contributed by atoms with E-state index in [-0.39, 0.29) is 17.3 Å². The summed E-state index contributed by atoms with van der Waals surface area (Å²) in [6.07, 6.45) is 4.90. The summed E-state index contributed by atoms with van der Waals surface area (Å²) in [5.41, 5.74) is 1.56. The third-order valence-corrected chi connectivity index (χ3v) is 5.52. The lowest BCUT2D eigenvalue weighted by atomic mass is 9.62. The molecule has 138 valence electrons. The van der Waals surface area contributed by atoms with Gasteiger partial charge in [0, 0.05) is 30.8 Å². The Labute approximate surface area is 159 Å². The van der Waals surface area contributed by atoms with E-state index < -0.39 is 11.6 Å². The van der Waals surface area contributed by atoms with Gasteiger partial charge in [0.1, 0.15) is 17.4 Å². The van der Waals surface area contributed by atoms with Crippen LogP contribution in [0.4, 0.5) is 14.6 Å². The lowest BCUT2D eigenvalue weighted by Crippen LogP contribution is -2.65. The minimum absolute atomic E-state index is 0.0589. The van der Waals surface area contributed by atoms with Crippen LogP contribution in [0, 0.1) is 17.0 Å². The predicted octanol–water partition coefficient (Wildman–Crippen LogP) is 4.00. The molecule has 0 bridgehead atoms. The fourth-order valence-electron chi connectivity index (χ4n) is 3.99. The van der Waals surface area contributed by atoms with Gasteiger partial charge in [-0.25, -0.2) is 18.7 Å². The molecule has 2 fully saturated rings. The summed E-state index contributed by atoms with van der Waals surface area (Å²) in [6, 6.07) is 5.18. The van der Waals surface area contributed by atoms with Crippen molar-refractivity contribution in [2.75, 3.05) is 18.0 Å². The van der Waals surface area contributed by atoms with Crippen molar-refractivity contribution in [2.24, 2.45) is 5.41 Å². The molecular weight excluding hydrogens is 374 g/mol. The van der Waals surface area contributed by atoms with Gasteiger partial charge in [-0.3, -0.25) is 4.98 Å². The Bertz CT molecular complexity index is 1030. The fraction of sp³-hybridized carbons (Fsp3) is 0.316. The van der Waals surface area contributed by atoms with Gasteiger partial charge in [-0.2, -0.15) is 0 Å². The number of ether oxygens (including phenoxy) is 1. The molecule has 8 heteroatoms. The summed E-state index contributed by atoms with van der Waals surface area (Å²) in [5, 5.41) is 0.367. The zero-order valence-corrected chi connectivity index (χ0v) is 15.0. The molecule has 0 atom stereocenters. The van der Waals surface area contributed by atoms with E-state index in [4.69, 9.17) is 16.3 Å². The van der Waals surface area contributed by atoms with Crippen molar-refractivity contribution in [2.45, 2.75) is 18.9 Å². The van der Waals surface area contributed by atoms with E-state index in [0.29, 0.717) is 16.5 Å². The molecule has 3 aromatic rings. The van der Waals surface area contributed by atoms with Gasteiger partial charge in [0.15, 0.2) is 22.5 Å². The minimum Gasteiger partial charge on any atom is -0.487 e. The summed E-state index contributed by atoms with van der Waals surface area (Å²) in [6.45, 7) is 1.62. The number of hydrogen-bond donors (Lipinski definition) is 0. The maximum Gasteiger partial charge on any atom is 0.172 e. The zero-order chi connectivity index (χ0) is 18.6. The molecular formula is C19H15ClF2N4O. The molecule has 27 heavy (non-hydrogen) atoms. The number of pyridine rings is 1. The largest absolute Gasteiger partial charge is 0.487 e. The highest BCUT2D eigenvalue weighted by molar-refractivity contribution is 6.32. The van der Waals surface area contributed by atoms with E-state index in [1.54, 1.807) is 12.4 Å². The zero-order valence-electron chi connectivity index (χ0n) is 14.2. The van der Waals surface area contributed by atoms with Crippen molar-refractivity contribution in [1.29, 1.82) is 0 Å². The monoisotopic (exact) mass is 388 g/mol. The van der Waals surface area contributed by atoms with Crippen LogP contribution in [0.5, 0.6) is 5.75 Å². The quantitative estimate of drug-likeness (QED) is 0.678. The summed E-state index contributed by atoms with van der Waals surface area (Å²) in [5.74, 6) is -0.498. The summed E-state index contributed by atoms with van der Waals surface area (Å²) in [7, 11) is 0. The lowest BCUT2D eigenvalue weighted by molar-refractivity contribution is -0.0359. The Balaban J connectivity index is 1.24. The molecule has 1 spiro atoms. The number of nitrogens with zero attached hydrogens (tertiary/aromatic N) is 4. The lowest BCUT2D eigenvalue weighted by Gasteiger charge is -2.58. The average Bonchev–Trinajstić information content (AvgIpc) is 2.57. The van der Waals surface area contributed by atoms with Crippen LogP contribution >= 0.6 is 11.6 Å². The smallest absolute Gasteiger partial charge is 0.172 e. The number of benzene rings is 1. The van der Waals surface area contributed by atoms with Crippen molar-refractivity contribution in [1.82, 2.24) is 15.0 Å². The van der Waals surface area contributed by atoms with Gasteiger partial charge >= 0.3 is 0 Å². The first-order chi connectivity index (χ1) is 13.0. The van der Waals surface area contributed by atoms with Gasteiger partial charge in [-0.05, 0) is 31.0 Å². The van der Waals surface area contributed by atoms with Crippen LogP contribution in [0.3, 0.4) is 0 Å². The van der Waals surface area contributed by atoms with Gasteiger partial charge < -0.3 is 9.64 Å². The number of hydrogen-bond acceptors (Lipinski definition) is 5. The fourth-order valence-corrected chi connectivity index (χ4v) is 4.24. The molecule has 1 aliphatic heterocycles. The number of anilines is 1. The van der Waals surface area contributed by atoms with E-state index in [1.165, 1.54) is 12.1 Å². The van der Waals surface area contributed by atoms with E-state index >= 15 is 0 Å². The van der Waals surface area contributed by atoms with E-state index in [2.05, 4.69) is 19.9 Å². The van der Waals surface area contributed by atoms with Crippen molar-refractivity contribution in [3.05, 3.63) is 53.4 Å². The molecule has 1 saturated heterocycles. The third-order valence-electron chi connectivity index (χ3n) is 5.27. The molecule has 0 N–H and O–H groups in total. The number of fused-ring (bicyclic) bond motifs is 1. The summed E-state index contributed by atoms with van der Waals surface area (Å²) >= 11 is 6.29. The average molecular weight is 389 g/mol. The SMILES string of the molecule is Fc1ccc(OC2CC3(C2)CN(c2nc4ccncc4nc2Cl)C3)c(F)c1. The third kappa shape index (κ3) is 2.86. The van der Waals surface area contributed by atoms with Gasteiger partial charge in [0.25, 0.3) is 0 Å². The van der Waals surface area contributed by atoms with Crippen LogP contribution in [0.1, 0.15) is 12.8 Å². The van der Waals surface area contributed by atoms with E-state index in [1.807, 2.05) is 6.07 Å². The molecule has 0 unspecified atom stereocenters. The Hall–Kier alpha value is -2.54. The van der Waals surface area contributed by atoms with Crippen LogP contribution < -0.4 is 9.64 Å². The molecule has 1 aromatic carbocycles. The molecule has 1 aliphatic carbocycles. The highest BCUT2D eigenvalue weighted by Crippen LogP contribution is 2.51. The number of rotatable bonds is 3. The van der Waals surface area contributed by atoms with Crippen molar-refractivity contribution in [3.8, 4) is 5.75 Å². The Morgan fingerprint density at radius 1 is 1.11 bits per heavy atom. The normalized spacial score (nSPS) is 18.4. The highest BCUT2D eigenvalue weighted by Gasteiger charge is 2.54. The molecule has 0 radical (unpaired) electrons. The van der Waals surface area contributed by atoms with Crippen LogP contribution in [-0.2, 0) is 0 Å². The molecule has 5 rings (SSSR count). The van der Waals surface area contributed by atoms with Gasteiger partial charge in [-0.15, -0.1) is 0 Å². The Morgan fingerprint density at radius 3 is 2.70 bits per heavy atom. The second-order valence-electron chi connectivity index (χ2n) is 7.28. The van der Waals surface area contributed by atoms with Gasteiger partial charge in [0.05, 0.1) is 11.7 Å². The molecule has 2 aliphatic rings. The minimum atomic E-state index is -0.668. The maximum atomic E-state index is 13.7. The number of halogens is 3. The second kappa shape index (κ2) is 5.99.